The number of nitrogens with one attached hydrogen (secondary N) is 2. The molecule has 1 aromatic carbocycles. The van der Waals surface area contributed by atoms with Crippen LogP contribution in [0, 0.1) is 11.8 Å². The summed E-state index contributed by atoms with van der Waals surface area (Å²) in [5.74, 6) is 1.41. The molecule has 4 atom stereocenters. The Morgan fingerprint density at radius 1 is 1.19 bits per heavy atom. The minimum Gasteiger partial charge on any atom is -0.353 e. The van der Waals surface area contributed by atoms with Gasteiger partial charge in [-0.25, -0.2) is 0 Å². The van der Waals surface area contributed by atoms with Crippen molar-refractivity contribution >= 4 is 5.91 Å². The van der Waals surface area contributed by atoms with Crippen molar-refractivity contribution in [3.8, 4) is 0 Å². The van der Waals surface area contributed by atoms with E-state index >= 15 is 0 Å². The molecule has 0 aromatic heterocycles. The summed E-state index contributed by atoms with van der Waals surface area (Å²) in [6.07, 6.45) is 8.01. The lowest BCUT2D eigenvalue weighted by atomic mass is 9.85. The maximum absolute atomic E-state index is 12.6. The van der Waals surface area contributed by atoms with Crippen LogP contribution in [0.25, 0.3) is 0 Å². The lowest BCUT2D eigenvalue weighted by Gasteiger charge is -2.39. The van der Waals surface area contributed by atoms with E-state index in [9.17, 15) is 4.79 Å². The molecule has 0 aliphatic carbocycles. The predicted octanol–water partition coefficient (Wildman–Crippen LogP) is 3.32. The van der Waals surface area contributed by atoms with Crippen molar-refractivity contribution in [3.05, 3.63) is 35.9 Å². The van der Waals surface area contributed by atoms with Crippen LogP contribution in [0.3, 0.4) is 0 Å². The number of nitrogens with zero attached hydrogens (tertiary/aromatic N) is 1. The maximum atomic E-state index is 12.6. The number of benzene rings is 1. The van der Waals surface area contributed by atoms with Crippen LogP contribution >= 0.6 is 0 Å². The van der Waals surface area contributed by atoms with Gasteiger partial charge >= 0.3 is 0 Å². The van der Waals surface area contributed by atoms with Gasteiger partial charge in [-0.15, -0.1) is 0 Å². The van der Waals surface area contributed by atoms with E-state index in [1.807, 2.05) is 0 Å². The van der Waals surface area contributed by atoms with E-state index < -0.39 is 0 Å². The zero-order valence-electron chi connectivity index (χ0n) is 16.7. The standard InChI is InChI=1S/C23H35N3O/c1-17(19-8-5-11-24-15-19)12-23(27)25-20-13-21-9-10-22(14-20)26(21)16-18-6-3-2-4-7-18/h2-4,6-7,17,19-22,24H,5,8-16H2,1H3,(H,25,27). The van der Waals surface area contributed by atoms with E-state index in [1.54, 1.807) is 0 Å². The third-order valence-corrected chi connectivity index (χ3v) is 7.10. The largest absolute Gasteiger partial charge is 0.353 e. The third kappa shape index (κ3) is 4.72. The molecule has 3 saturated heterocycles. The molecule has 2 N–H and O–H groups in total. The Kier molecular flexibility index (Phi) is 6.14. The summed E-state index contributed by atoms with van der Waals surface area (Å²) in [6, 6.07) is 12.5. The van der Waals surface area contributed by atoms with E-state index in [2.05, 4.69) is 52.8 Å². The van der Waals surface area contributed by atoms with E-state index in [1.165, 1.54) is 31.2 Å². The zero-order valence-corrected chi connectivity index (χ0v) is 16.7. The summed E-state index contributed by atoms with van der Waals surface area (Å²) in [6.45, 7) is 5.53. The fourth-order valence-electron chi connectivity index (χ4n) is 5.55. The van der Waals surface area contributed by atoms with Gasteiger partial charge in [-0.2, -0.15) is 0 Å². The molecule has 3 fully saturated rings. The average molecular weight is 370 g/mol. The number of amides is 1. The van der Waals surface area contributed by atoms with Crippen molar-refractivity contribution in [1.29, 1.82) is 0 Å². The van der Waals surface area contributed by atoms with Crippen LogP contribution in [-0.2, 0) is 11.3 Å². The molecule has 4 nitrogen and oxygen atoms in total. The molecule has 4 unspecified atom stereocenters. The van der Waals surface area contributed by atoms with Crippen LogP contribution in [0.15, 0.2) is 30.3 Å². The molecular formula is C23H35N3O. The lowest BCUT2D eigenvalue weighted by Crippen LogP contribution is -2.50. The highest BCUT2D eigenvalue weighted by molar-refractivity contribution is 5.76. The lowest BCUT2D eigenvalue weighted by molar-refractivity contribution is -0.123. The maximum Gasteiger partial charge on any atom is 0.220 e. The minimum atomic E-state index is 0.272. The first kappa shape index (κ1) is 18.9. The Morgan fingerprint density at radius 3 is 2.59 bits per heavy atom. The van der Waals surface area contributed by atoms with Crippen molar-refractivity contribution in [3.63, 3.8) is 0 Å². The highest BCUT2D eigenvalue weighted by atomic mass is 16.1. The number of fused-ring (bicyclic) bond motifs is 2. The van der Waals surface area contributed by atoms with Gasteiger partial charge in [0.1, 0.15) is 0 Å². The van der Waals surface area contributed by atoms with Crippen LogP contribution in [0.4, 0.5) is 0 Å². The minimum absolute atomic E-state index is 0.272. The first-order valence-corrected chi connectivity index (χ1v) is 11.0. The van der Waals surface area contributed by atoms with E-state index in [0.717, 1.165) is 32.5 Å². The predicted molar refractivity (Wildman–Crippen MR) is 109 cm³/mol. The van der Waals surface area contributed by atoms with Crippen molar-refractivity contribution in [2.24, 2.45) is 11.8 Å². The van der Waals surface area contributed by atoms with Crippen LogP contribution in [-0.4, -0.2) is 42.0 Å². The van der Waals surface area contributed by atoms with Crippen LogP contribution in [0.2, 0.25) is 0 Å². The molecule has 148 valence electrons. The van der Waals surface area contributed by atoms with Gasteiger partial charge in [0.05, 0.1) is 0 Å². The normalized spacial score (nSPS) is 32.2. The monoisotopic (exact) mass is 369 g/mol. The molecule has 1 amide bonds. The number of hydrogen-bond donors (Lipinski definition) is 2. The van der Waals surface area contributed by atoms with Gasteiger partial charge < -0.3 is 10.6 Å². The molecule has 3 heterocycles. The molecule has 0 saturated carbocycles. The van der Waals surface area contributed by atoms with Gasteiger partial charge in [-0.05, 0) is 69.0 Å². The summed E-state index contributed by atoms with van der Waals surface area (Å²) < 4.78 is 0. The molecule has 0 radical (unpaired) electrons. The molecule has 4 heteroatoms. The van der Waals surface area contributed by atoms with Gasteiger partial charge in [0.15, 0.2) is 0 Å². The Hall–Kier alpha value is -1.39. The van der Waals surface area contributed by atoms with Crippen LogP contribution in [0.5, 0.6) is 0 Å². The molecule has 3 aliphatic heterocycles. The topological polar surface area (TPSA) is 44.4 Å². The van der Waals surface area contributed by atoms with Crippen molar-refractivity contribution in [2.45, 2.75) is 76.5 Å². The second-order valence-electron chi connectivity index (χ2n) is 9.07. The SMILES string of the molecule is CC(CC(=O)NC1CC2CCC(C1)N2Cc1ccccc1)C1CCCNC1. The first-order valence-electron chi connectivity index (χ1n) is 11.0. The van der Waals surface area contributed by atoms with Gasteiger partial charge in [-0.3, -0.25) is 9.69 Å². The summed E-state index contributed by atoms with van der Waals surface area (Å²) in [5.41, 5.74) is 1.41. The third-order valence-electron chi connectivity index (χ3n) is 7.10. The second kappa shape index (κ2) is 8.74. The summed E-state index contributed by atoms with van der Waals surface area (Å²) in [7, 11) is 0. The number of carbonyl (C=O) groups excluding carboxylic acids is 1. The van der Waals surface area contributed by atoms with Crippen molar-refractivity contribution < 1.29 is 4.79 Å². The van der Waals surface area contributed by atoms with Gasteiger partial charge in [-0.1, -0.05) is 37.3 Å². The smallest absolute Gasteiger partial charge is 0.220 e. The summed E-state index contributed by atoms with van der Waals surface area (Å²) in [5, 5.41) is 6.87. The molecule has 27 heavy (non-hydrogen) atoms. The number of rotatable bonds is 6. The zero-order chi connectivity index (χ0) is 18.6. The van der Waals surface area contributed by atoms with Crippen molar-refractivity contribution in [1.82, 2.24) is 15.5 Å². The van der Waals surface area contributed by atoms with Crippen LogP contribution in [0.1, 0.15) is 57.4 Å². The molecular weight excluding hydrogens is 334 g/mol. The van der Waals surface area contributed by atoms with Crippen LogP contribution < -0.4 is 10.6 Å². The van der Waals surface area contributed by atoms with Gasteiger partial charge in [0.2, 0.25) is 5.91 Å². The van der Waals surface area contributed by atoms with Gasteiger partial charge in [0, 0.05) is 31.1 Å². The number of hydrogen-bond acceptors (Lipinski definition) is 3. The molecule has 1 aromatic rings. The van der Waals surface area contributed by atoms with E-state index in [0.29, 0.717) is 36.4 Å². The van der Waals surface area contributed by atoms with E-state index in [-0.39, 0.29) is 5.91 Å². The Bertz CT molecular complexity index is 599. The number of piperidine rings is 2. The molecule has 3 aliphatic rings. The number of carbonyl (C=O) groups is 1. The fraction of sp³-hybridized carbons (Fsp3) is 0.696. The van der Waals surface area contributed by atoms with Gasteiger partial charge in [0.25, 0.3) is 0 Å². The Morgan fingerprint density at radius 2 is 1.93 bits per heavy atom. The average Bonchev–Trinajstić information content (AvgIpc) is 2.91. The summed E-state index contributed by atoms with van der Waals surface area (Å²) >= 11 is 0. The molecule has 4 rings (SSSR count). The Balaban J connectivity index is 1.26. The fourth-order valence-corrected chi connectivity index (χ4v) is 5.55. The summed E-state index contributed by atoms with van der Waals surface area (Å²) in [4.78, 5) is 15.3. The van der Waals surface area contributed by atoms with Crippen molar-refractivity contribution in [2.75, 3.05) is 13.1 Å². The quantitative estimate of drug-likeness (QED) is 0.808. The highest BCUT2D eigenvalue weighted by Crippen LogP contribution is 2.37. The first-order chi connectivity index (χ1) is 13.2. The molecule has 0 spiro atoms. The molecule has 2 bridgehead atoms. The highest BCUT2D eigenvalue weighted by Gasteiger charge is 2.41. The Labute approximate surface area is 164 Å². The van der Waals surface area contributed by atoms with E-state index in [4.69, 9.17) is 0 Å². The second-order valence-corrected chi connectivity index (χ2v) is 9.07.